The summed E-state index contributed by atoms with van der Waals surface area (Å²) in [5.41, 5.74) is 2.21. The Balaban J connectivity index is 1.92. The van der Waals surface area contributed by atoms with Crippen LogP contribution in [0.4, 0.5) is 10.5 Å². The van der Waals surface area contributed by atoms with Crippen molar-refractivity contribution in [2.75, 3.05) is 39.3 Å². The number of nitrogens with zero attached hydrogens (tertiary/aromatic N) is 1. The van der Waals surface area contributed by atoms with Crippen LogP contribution in [0.5, 0.6) is 23.0 Å². The van der Waals surface area contributed by atoms with Gasteiger partial charge in [0.1, 0.15) is 0 Å². The van der Waals surface area contributed by atoms with Crippen LogP contribution in [0.2, 0.25) is 0 Å². The van der Waals surface area contributed by atoms with E-state index in [2.05, 4.69) is 5.32 Å². The minimum atomic E-state index is -0.997. The molecule has 0 radical (unpaired) electrons. The maximum Gasteiger partial charge on any atom is 0.322 e. The summed E-state index contributed by atoms with van der Waals surface area (Å²) in [4.78, 5) is 26.4. The third-order valence-electron chi connectivity index (χ3n) is 5.43. The van der Waals surface area contributed by atoms with Crippen LogP contribution in [-0.4, -0.2) is 56.0 Å². The van der Waals surface area contributed by atoms with Crippen LogP contribution < -0.4 is 24.3 Å². The zero-order chi connectivity index (χ0) is 24.0. The van der Waals surface area contributed by atoms with E-state index in [1.807, 2.05) is 19.9 Å². The summed E-state index contributed by atoms with van der Waals surface area (Å²) in [5, 5.41) is 12.4. The number of nitrogens with one attached hydrogen (secondary N) is 1. The molecule has 1 atom stereocenters. The first-order chi connectivity index (χ1) is 15.9. The molecule has 178 valence electrons. The number of benzene rings is 2. The minimum Gasteiger partial charge on any atom is -0.493 e. The number of hydrogen-bond donors (Lipinski definition) is 2. The first-order valence-corrected chi connectivity index (χ1v) is 10.9. The molecule has 2 N–H and O–H groups in total. The highest BCUT2D eigenvalue weighted by molar-refractivity contribution is 5.90. The molecule has 0 saturated heterocycles. The highest BCUT2D eigenvalue weighted by Gasteiger charge is 2.34. The van der Waals surface area contributed by atoms with Crippen LogP contribution in [-0.2, 0) is 11.2 Å². The van der Waals surface area contributed by atoms with Crippen molar-refractivity contribution in [2.45, 2.75) is 32.7 Å². The van der Waals surface area contributed by atoms with Gasteiger partial charge in [-0.05, 0) is 55.7 Å². The third kappa shape index (κ3) is 5.42. The summed E-state index contributed by atoms with van der Waals surface area (Å²) in [6, 6.07) is 7.69. The summed E-state index contributed by atoms with van der Waals surface area (Å²) >= 11 is 0. The van der Waals surface area contributed by atoms with E-state index in [4.69, 9.17) is 18.9 Å². The number of carboxylic acid groups (broad SMARTS) is 1. The van der Waals surface area contributed by atoms with Gasteiger partial charge in [-0.2, -0.15) is 0 Å². The van der Waals surface area contributed by atoms with Crippen LogP contribution in [0, 0.1) is 0 Å². The molecule has 1 heterocycles. The maximum absolute atomic E-state index is 13.2. The Bertz CT molecular complexity index is 1010. The number of carbonyl (C=O) groups is 2. The second-order valence-electron chi connectivity index (χ2n) is 7.42. The van der Waals surface area contributed by atoms with Gasteiger partial charge in [-0.3, -0.25) is 4.79 Å². The molecule has 1 unspecified atom stereocenters. The number of urea groups is 1. The van der Waals surface area contributed by atoms with Crippen LogP contribution in [0.15, 0.2) is 30.3 Å². The second-order valence-corrected chi connectivity index (χ2v) is 7.42. The normalized spacial score (nSPS) is 14.8. The van der Waals surface area contributed by atoms with Gasteiger partial charge >= 0.3 is 12.0 Å². The Labute approximate surface area is 193 Å². The molecular weight excluding hydrogens is 428 g/mol. The van der Waals surface area contributed by atoms with E-state index >= 15 is 0 Å². The predicted octanol–water partition coefficient (Wildman–Crippen LogP) is 4.11. The fourth-order valence-corrected chi connectivity index (χ4v) is 3.98. The molecule has 9 heteroatoms. The van der Waals surface area contributed by atoms with Crippen molar-refractivity contribution in [2.24, 2.45) is 0 Å². The Hall–Kier alpha value is -3.62. The third-order valence-corrected chi connectivity index (χ3v) is 5.43. The van der Waals surface area contributed by atoms with E-state index < -0.39 is 18.0 Å². The quantitative estimate of drug-likeness (QED) is 0.582. The van der Waals surface area contributed by atoms with E-state index in [9.17, 15) is 14.7 Å². The molecule has 0 aliphatic carbocycles. The van der Waals surface area contributed by atoms with Crippen molar-refractivity contribution in [3.63, 3.8) is 0 Å². The first-order valence-electron chi connectivity index (χ1n) is 10.9. The number of amides is 2. The zero-order valence-electron chi connectivity index (χ0n) is 19.3. The molecular formula is C24H30N2O7. The number of hydrogen-bond acceptors (Lipinski definition) is 6. The lowest BCUT2D eigenvalue weighted by Crippen LogP contribution is -2.43. The average Bonchev–Trinajstić information content (AvgIpc) is 2.79. The smallest absolute Gasteiger partial charge is 0.322 e. The standard InChI is InChI=1S/C24H30N2O7/c1-5-32-21-11-15-9-10-26(18(14-23(27)28)17(15)13-22(21)33-6-2)24(29)25-16-7-8-19(30-3)20(12-16)31-4/h7-8,11-13,18H,5-6,9-10,14H2,1-4H3,(H,25,29)(H,27,28). The van der Waals surface area contributed by atoms with Crippen molar-refractivity contribution >= 4 is 17.7 Å². The summed E-state index contributed by atoms with van der Waals surface area (Å²) in [7, 11) is 3.05. The number of carbonyl (C=O) groups excluding carboxylic acids is 1. The summed E-state index contributed by atoms with van der Waals surface area (Å²) in [5.74, 6) is 1.18. The molecule has 1 aliphatic rings. The van der Waals surface area contributed by atoms with Crippen molar-refractivity contribution in [1.82, 2.24) is 4.90 Å². The molecule has 0 saturated carbocycles. The van der Waals surface area contributed by atoms with Gasteiger partial charge in [0.15, 0.2) is 23.0 Å². The molecule has 2 aromatic carbocycles. The van der Waals surface area contributed by atoms with Crippen molar-refractivity contribution in [3.8, 4) is 23.0 Å². The highest BCUT2D eigenvalue weighted by Crippen LogP contribution is 2.40. The lowest BCUT2D eigenvalue weighted by Gasteiger charge is -2.37. The van der Waals surface area contributed by atoms with Crippen LogP contribution in [0.1, 0.15) is 37.4 Å². The van der Waals surface area contributed by atoms with E-state index in [-0.39, 0.29) is 6.42 Å². The fourth-order valence-electron chi connectivity index (χ4n) is 3.98. The van der Waals surface area contributed by atoms with Gasteiger partial charge < -0.3 is 34.3 Å². The molecule has 3 rings (SSSR count). The van der Waals surface area contributed by atoms with Crippen molar-refractivity contribution in [1.29, 1.82) is 0 Å². The number of methoxy groups -OCH3 is 2. The van der Waals surface area contributed by atoms with E-state index in [1.165, 1.54) is 14.2 Å². The second kappa shape index (κ2) is 10.8. The van der Waals surface area contributed by atoms with Crippen LogP contribution >= 0.6 is 0 Å². The Morgan fingerprint density at radius 1 is 1.00 bits per heavy atom. The molecule has 9 nitrogen and oxygen atoms in total. The summed E-state index contributed by atoms with van der Waals surface area (Å²) in [6.45, 7) is 5.04. The number of rotatable bonds is 9. The minimum absolute atomic E-state index is 0.230. The molecule has 2 aromatic rings. The predicted molar refractivity (Wildman–Crippen MR) is 123 cm³/mol. The van der Waals surface area contributed by atoms with Crippen molar-refractivity contribution in [3.05, 3.63) is 41.5 Å². The molecule has 2 amide bonds. The van der Waals surface area contributed by atoms with Crippen LogP contribution in [0.3, 0.4) is 0 Å². The molecule has 0 bridgehead atoms. The lowest BCUT2D eigenvalue weighted by molar-refractivity contribution is -0.138. The Kier molecular flexibility index (Phi) is 7.87. The average molecular weight is 459 g/mol. The van der Waals surface area contributed by atoms with E-state index in [0.717, 1.165) is 11.1 Å². The number of anilines is 1. The molecule has 1 aliphatic heterocycles. The largest absolute Gasteiger partial charge is 0.493 e. The summed E-state index contributed by atoms with van der Waals surface area (Å²) < 4.78 is 22.0. The van der Waals surface area contributed by atoms with Gasteiger partial charge in [-0.1, -0.05) is 0 Å². The first kappa shape index (κ1) is 24.0. The van der Waals surface area contributed by atoms with Gasteiger partial charge in [0.2, 0.25) is 0 Å². The molecule has 33 heavy (non-hydrogen) atoms. The van der Waals surface area contributed by atoms with Gasteiger partial charge in [-0.25, -0.2) is 4.79 Å². The fraction of sp³-hybridized carbons (Fsp3) is 0.417. The van der Waals surface area contributed by atoms with Gasteiger partial charge in [-0.15, -0.1) is 0 Å². The SMILES string of the molecule is CCOc1cc2c(cc1OCC)C(CC(=O)O)N(C(=O)Nc1ccc(OC)c(OC)c1)CC2. The highest BCUT2D eigenvalue weighted by atomic mass is 16.5. The molecule has 0 aromatic heterocycles. The molecule has 0 fully saturated rings. The van der Waals surface area contributed by atoms with E-state index in [0.29, 0.717) is 54.9 Å². The maximum atomic E-state index is 13.2. The Morgan fingerprint density at radius 2 is 1.67 bits per heavy atom. The monoisotopic (exact) mass is 458 g/mol. The topological polar surface area (TPSA) is 107 Å². The van der Waals surface area contributed by atoms with Crippen molar-refractivity contribution < 1.29 is 33.6 Å². The van der Waals surface area contributed by atoms with E-state index in [1.54, 1.807) is 29.2 Å². The van der Waals surface area contributed by atoms with Gasteiger partial charge in [0, 0.05) is 18.3 Å². The molecule has 0 spiro atoms. The van der Waals surface area contributed by atoms with Gasteiger partial charge in [0.25, 0.3) is 0 Å². The lowest BCUT2D eigenvalue weighted by atomic mass is 9.90. The van der Waals surface area contributed by atoms with Crippen LogP contribution in [0.25, 0.3) is 0 Å². The van der Waals surface area contributed by atoms with Gasteiger partial charge in [0.05, 0.1) is 39.9 Å². The number of aliphatic carboxylic acids is 1. The number of carboxylic acids is 1. The Morgan fingerprint density at radius 3 is 2.27 bits per heavy atom. The zero-order valence-corrected chi connectivity index (χ0v) is 19.3. The number of fused-ring (bicyclic) bond motifs is 1. The number of ether oxygens (including phenoxy) is 4. The summed E-state index contributed by atoms with van der Waals surface area (Å²) in [6.07, 6.45) is 0.336.